The monoisotopic (exact) mass is 301 g/mol. The summed E-state index contributed by atoms with van der Waals surface area (Å²) in [6, 6.07) is 7.61. The summed E-state index contributed by atoms with van der Waals surface area (Å²) >= 11 is 1.42. The van der Waals surface area contributed by atoms with Crippen LogP contribution in [0.4, 0.5) is 4.39 Å². The minimum Gasteiger partial charge on any atom is -0.295 e. The molecule has 0 saturated heterocycles. The Labute approximate surface area is 124 Å². The molecule has 0 saturated carbocycles. The third-order valence-electron chi connectivity index (χ3n) is 3.26. The van der Waals surface area contributed by atoms with E-state index in [1.807, 2.05) is 6.26 Å². The van der Waals surface area contributed by atoms with Crippen molar-refractivity contribution in [1.29, 1.82) is 0 Å². The van der Waals surface area contributed by atoms with Gasteiger partial charge in [0.1, 0.15) is 11.5 Å². The van der Waals surface area contributed by atoms with Gasteiger partial charge in [-0.3, -0.25) is 9.36 Å². The molecule has 0 radical (unpaired) electrons. The number of nitrogens with zero attached hydrogens (tertiary/aromatic N) is 3. The Hall–Kier alpha value is -2.21. The summed E-state index contributed by atoms with van der Waals surface area (Å²) in [6.45, 7) is 0. The van der Waals surface area contributed by atoms with Gasteiger partial charge in [0.05, 0.1) is 0 Å². The number of pyridine rings is 1. The highest BCUT2D eigenvalue weighted by Crippen LogP contribution is 2.21. The van der Waals surface area contributed by atoms with Crippen LogP contribution >= 0.6 is 11.8 Å². The summed E-state index contributed by atoms with van der Waals surface area (Å²) in [5.41, 5.74) is 1.60. The third kappa shape index (κ3) is 2.42. The second kappa shape index (κ2) is 5.29. The van der Waals surface area contributed by atoms with Crippen molar-refractivity contribution in [3.05, 3.63) is 52.7 Å². The number of hydrogen-bond donors (Lipinski definition) is 0. The van der Waals surface area contributed by atoms with E-state index in [0.29, 0.717) is 21.9 Å². The van der Waals surface area contributed by atoms with Crippen molar-refractivity contribution in [2.24, 2.45) is 7.05 Å². The molecular weight excluding hydrogens is 289 g/mol. The smallest absolute Gasteiger partial charge is 0.259 e. The average molecular weight is 301 g/mol. The standard InChI is InChI=1S/C15H12FN3OS/c1-19-13-10(8-17-15(18-13)21-2)7-12(14(19)20)9-3-5-11(16)6-4-9/h3-8H,1-2H3. The molecule has 2 heterocycles. The summed E-state index contributed by atoms with van der Waals surface area (Å²) < 4.78 is 14.5. The maximum absolute atomic E-state index is 13.0. The summed E-state index contributed by atoms with van der Waals surface area (Å²) in [4.78, 5) is 21.0. The van der Waals surface area contributed by atoms with Gasteiger partial charge in [-0.15, -0.1) is 0 Å². The number of fused-ring (bicyclic) bond motifs is 1. The van der Waals surface area contributed by atoms with Crippen molar-refractivity contribution >= 4 is 22.8 Å². The first-order valence-corrected chi connectivity index (χ1v) is 7.49. The largest absolute Gasteiger partial charge is 0.295 e. The summed E-state index contributed by atoms with van der Waals surface area (Å²) in [5, 5.41) is 1.39. The normalized spacial score (nSPS) is 11.0. The molecule has 0 aliphatic rings. The molecule has 106 valence electrons. The lowest BCUT2D eigenvalue weighted by Gasteiger charge is -2.08. The van der Waals surface area contributed by atoms with E-state index in [9.17, 15) is 9.18 Å². The first-order valence-electron chi connectivity index (χ1n) is 6.27. The second-order valence-corrected chi connectivity index (χ2v) is 5.34. The fourth-order valence-corrected chi connectivity index (χ4v) is 2.50. The van der Waals surface area contributed by atoms with Crippen molar-refractivity contribution < 1.29 is 4.39 Å². The SMILES string of the molecule is CSc1ncc2cc(-c3ccc(F)cc3)c(=O)n(C)c2n1. The van der Waals surface area contributed by atoms with Crippen molar-refractivity contribution in [3.63, 3.8) is 0 Å². The molecule has 0 fully saturated rings. The topological polar surface area (TPSA) is 47.8 Å². The minimum absolute atomic E-state index is 0.167. The van der Waals surface area contributed by atoms with Crippen LogP contribution in [0.5, 0.6) is 0 Å². The van der Waals surface area contributed by atoms with Gasteiger partial charge in [0.15, 0.2) is 5.16 Å². The molecule has 2 aromatic heterocycles. The zero-order valence-corrected chi connectivity index (χ0v) is 12.3. The quantitative estimate of drug-likeness (QED) is 0.539. The molecule has 0 amide bonds. The Morgan fingerprint density at radius 2 is 1.95 bits per heavy atom. The molecule has 0 bridgehead atoms. The molecule has 0 aliphatic heterocycles. The van der Waals surface area contributed by atoms with Crippen molar-refractivity contribution in [1.82, 2.24) is 14.5 Å². The average Bonchev–Trinajstić information content (AvgIpc) is 2.51. The van der Waals surface area contributed by atoms with Crippen LogP contribution in [-0.4, -0.2) is 20.8 Å². The highest BCUT2D eigenvalue weighted by atomic mass is 32.2. The van der Waals surface area contributed by atoms with E-state index in [1.54, 1.807) is 31.4 Å². The number of halogens is 1. The molecule has 1 aromatic carbocycles. The van der Waals surface area contributed by atoms with E-state index in [0.717, 1.165) is 5.39 Å². The molecule has 0 atom stereocenters. The second-order valence-electron chi connectivity index (χ2n) is 4.56. The maximum Gasteiger partial charge on any atom is 0.259 e. The number of aromatic nitrogens is 3. The van der Waals surface area contributed by atoms with Gasteiger partial charge in [-0.05, 0) is 30.0 Å². The lowest BCUT2D eigenvalue weighted by Crippen LogP contribution is -2.20. The van der Waals surface area contributed by atoms with Crippen LogP contribution in [0.15, 0.2) is 46.5 Å². The Kier molecular flexibility index (Phi) is 3.47. The zero-order valence-electron chi connectivity index (χ0n) is 11.5. The van der Waals surface area contributed by atoms with Crippen molar-refractivity contribution in [2.45, 2.75) is 5.16 Å². The van der Waals surface area contributed by atoms with Crippen LogP contribution in [0.1, 0.15) is 0 Å². The molecule has 3 aromatic rings. The van der Waals surface area contributed by atoms with E-state index in [2.05, 4.69) is 9.97 Å². The zero-order chi connectivity index (χ0) is 15.0. The molecule has 0 unspecified atom stereocenters. The van der Waals surface area contributed by atoms with Crippen LogP contribution in [0, 0.1) is 5.82 Å². The highest BCUT2D eigenvalue weighted by molar-refractivity contribution is 7.98. The van der Waals surface area contributed by atoms with Crippen molar-refractivity contribution in [3.8, 4) is 11.1 Å². The van der Waals surface area contributed by atoms with Crippen LogP contribution in [0.3, 0.4) is 0 Å². The third-order valence-corrected chi connectivity index (χ3v) is 3.83. The highest BCUT2D eigenvalue weighted by Gasteiger charge is 2.11. The summed E-state index contributed by atoms with van der Waals surface area (Å²) in [7, 11) is 1.68. The van der Waals surface area contributed by atoms with Crippen LogP contribution in [-0.2, 0) is 7.05 Å². The lowest BCUT2D eigenvalue weighted by molar-refractivity contribution is 0.628. The van der Waals surface area contributed by atoms with Crippen LogP contribution < -0.4 is 5.56 Å². The number of benzene rings is 1. The number of rotatable bonds is 2. The lowest BCUT2D eigenvalue weighted by atomic mass is 10.1. The minimum atomic E-state index is -0.329. The first-order chi connectivity index (χ1) is 10.1. The molecule has 0 N–H and O–H groups in total. The van der Waals surface area contributed by atoms with Gasteiger partial charge in [-0.1, -0.05) is 23.9 Å². The Bertz CT molecular complexity index is 874. The van der Waals surface area contributed by atoms with E-state index >= 15 is 0 Å². The molecular formula is C15H12FN3OS. The van der Waals surface area contributed by atoms with Crippen molar-refractivity contribution in [2.75, 3.05) is 6.26 Å². The Morgan fingerprint density at radius 1 is 1.24 bits per heavy atom. The fourth-order valence-electron chi connectivity index (χ4n) is 2.17. The van der Waals surface area contributed by atoms with Gasteiger partial charge in [0.2, 0.25) is 0 Å². The molecule has 6 heteroatoms. The first kappa shape index (κ1) is 13.8. The molecule has 4 nitrogen and oxygen atoms in total. The molecule has 0 spiro atoms. The predicted molar refractivity (Wildman–Crippen MR) is 82.0 cm³/mol. The van der Waals surface area contributed by atoms with Gasteiger partial charge >= 0.3 is 0 Å². The summed E-state index contributed by atoms with van der Waals surface area (Å²) in [6.07, 6.45) is 3.58. The number of hydrogen-bond acceptors (Lipinski definition) is 4. The predicted octanol–water partition coefficient (Wildman–Crippen LogP) is 2.86. The maximum atomic E-state index is 13.0. The van der Waals surface area contributed by atoms with Gasteiger partial charge in [-0.25, -0.2) is 14.4 Å². The molecule has 0 aliphatic carbocycles. The number of aryl methyl sites for hydroxylation is 1. The van der Waals surface area contributed by atoms with Gasteiger partial charge in [0.25, 0.3) is 5.56 Å². The Morgan fingerprint density at radius 3 is 2.62 bits per heavy atom. The van der Waals surface area contributed by atoms with Crippen LogP contribution in [0.25, 0.3) is 22.2 Å². The molecule has 21 heavy (non-hydrogen) atoms. The van der Waals surface area contributed by atoms with Gasteiger partial charge < -0.3 is 0 Å². The molecule has 3 rings (SSSR count). The van der Waals surface area contributed by atoms with E-state index < -0.39 is 0 Å². The number of thioether (sulfide) groups is 1. The van der Waals surface area contributed by atoms with Gasteiger partial charge in [0, 0.05) is 24.2 Å². The summed E-state index contributed by atoms with van der Waals surface area (Å²) in [5.74, 6) is -0.329. The van der Waals surface area contributed by atoms with E-state index in [4.69, 9.17) is 0 Å². The van der Waals surface area contributed by atoms with E-state index in [1.165, 1.54) is 28.5 Å². The van der Waals surface area contributed by atoms with Crippen LogP contribution in [0.2, 0.25) is 0 Å². The fraction of sp³-hybridized carbons (Fsp3) is 0.133. The van der Waals surface area contributed by atoms with E-state index in [-0.39, 0.29) is 11.4 Å². The Balaban J connectivity index is 2.28. The van der Waals surface area contributed by atoms with Gasteiger partial charge in [-0.2, -0.15) is 0 Å².